The number of nitrogens with zero attached hydrogens (tertiary/aromatic N) is 3. The molecule has 1 saturated heterocycles. The number of hydrogen-bond acceptors (Lipinski definition) is 7. The van der Waals surface area contributed by atoms with Crippen molar-refractivity contribution in [2.75, 3.05) is 19.3 Å². The predicted octanol–water partition coefficient (Wildman–Crippen LogP) is 4.54. The number of halogens is 2. The number of carbonyl (C=O) groups is 1. The van der Waals surface area contributed by atoms with E-state index in [1.807, 2.05) is 6.92 Å². The van der Waals surface area contributed by atoms with Crippen molar-refractivity contribution in [3.8, 4) is 11.4 Å². The van der Waals surface area contributed by atoms with Crippen LogP contribution in [-0.2, 0) is 21.2 Å². The van der Waals surface area contributed by atoms with Crippen molar-refractivity contribution in [3.05, 3.63) is 64.0 Å². The third-order valence-electron chi connectivity index (χ3n) is 6.12. The van der Waals surface area contributed by atoms with E-state index >= 15 is 0 Å². The number of sulfone groups is 1. The van der Waals surface area contributed by atoms with Crippen LogP contribution in [0.1, 0.15) is 37.3 Å². The topological polar surface area (TPSA) is 105 Å². The fraction of sp³-hybridized carbons (Fsp3) is 0.375. The summed E-state index contributed by atoms with van der Waals surface area (Å²) in [5.41, 5.74) is 1.51. The highest BCUT2D eigenvalue weighted by Crippen LogP contribution is 2.29. The van der Waals surface area contributed by atoms with E-state index in [0.717, 1.165) is 31.5 Å². The quantitative estimate of drug-likeness (QED) is 0.472. The summed E-state index contributed by atoms with van der Waals surface area (Å²) in [7, 11) is -3.25. The van der Waals surface area contributed by atoms with Crippen molar-refractivity contribution in [2.45, 2.75) is 37.2 Å². The highest BCUT2D eigenvalue weighted by molar-refractivity contribution is 7.90. The largest absolute Gasteiger partial charge is 0.349 e. The number of benzene rings is 2. The Morgan fingerprint density at radius 3 is 2.49 bits per heavy atom. The Hall–Kier alpha value is -2.46. The second kappa shape index (κ2) is 10.7. The van der Waals surface area contributed by atoms with Gasteiger partial charge in [0.1, 0.15) is 0 Å². The summed E-state index contributed by atoms with van der Waals surface area (Å²) in [5.74, 6) is 0.812. The normalized spacial score (nSPS) is 16.2. The molecule has 1 amide bonds. The molecule has 1 aliphatic heterocycles. The van der Waals surface area contributed by atoms with Gasteiger partial charge in [0.2, 0.25) is 17.6 Å². The van der Waals surface area contributed by atoms with Crippen molar-refractivity contribution >= 4 is 38.9 Å². The van der Waals surface area contributed by atoms with E-state index in [2.05, 4.69) is 20.4 Å². The minimum atomic E-state index is -3.25. The Kier molecular flexibility index (Phi) is 7.80. The zero-order chi connectivity index (χ0) is 25.2. The van der Waals surface area contributed by atoms with Crippen LogP contribution in [0.15, 0.2) is 51.9 Å². The molecule has 0 bridgehead atoms. The second-order valence-corrected chi connectivity index (χ2v) is 11.6. The first kappa shape index (κ1) is 25.6. The Labute approximate surface area is 214 Å². The van der Waals surface area contributed by atoms with Gasteiger partial charge >= 0.3 is 0 Å². The molecular weight excluding hydrogens is 511 g/mol. The number of nitrogens with one attached hydrogen (secondary N) is 1. The molecule has 0 saturated carbocycles. The average molecular weight is 537 g/mol. The van der Waals surface area contributed by atoms with E-state index in [1.54, 1.807) is 42.5 Å². The molecule has 1 aromatic heterocycles. The minimum Gasteiger partial charge on any atom is -0.349 e. The third kappa shape index (κ3) is 6.41. The summed E-state index contributed by atoms with van der Waals surface area (Å²) >= 11 is 12.2. The van der Waals surface area contributed by atoms with Crippen LogP contribution in [0.5, 0.6) is 0 Å². The first-order valence-corrected chi connectivity index (χ1v) is 13.9. The lowest BCUT2D eigenvalue weighted by atomic mass is 9.95. The average Bonchev–Trinajstić information content (AvgIpc) is 3.27. The van der Waals surface area contributed by atoms with Crippen molar-refractivity contribution in [3.63, 3.8) is 0 Å². The van der Waals surface area contributed by atoms with Gasteiger partial charge in [-0.2, -0.15) is 4.98 Å². The molecule has 1 atom stereocenters. The maximum Gasteiger partial charge on any atom is 0.241 e. The van der Waals surface area contributed by atoms with Crippen LogP contribution in [0.4, 0.5) is 0 Å². The van der Waals surface area contributed by atoms with Gasteiger partial charge in [0.05, 0.1) is 22.5 Å². The van der Waals surface area contributed by atoms with Gasteiger partial charge < -0.3 is 9.84 Å². The highest BCUT2D eigenvalue weighted by atomic mass is 35.5. The number of amides is 1. The van der Waals surface area contributed by atoms with Gasteiger partial charge in [0, 0.05) is 22.8 Å². The number of aromatic nitrogens is 2. The van der Waals surface area contributed by atoms with E-state index in [-0.39, 0.29) is 22.8 Å². The number of carbonyl (C=O) groups excluding carboxylic acids is 1. The van der Waals surface area contributed by atoms with Crippen molar-refractivity contribution in [1.82, 2.24) is 20.4 Å². The standard InChI is InChI=1S/C24H26Cl2N4O4S/c1-15(16-3-6-19(7-4-16)35(2,32)33)27-24(31)17-9-11-30(12-10-17)14-22-28-23(29-34-22)20-8-5-18(25)13-21(20)26/h3-8,13,15,17H,9-12,14H2,1-2H3,(H,27,31). The summed E-state index contributed by atoms with van der Waals surface area (Å²) in [4.78, 5) is 19.7. The van der Waals surface area contributed by atoms with Crippen LogP contribution in [-0.4, -0.2) is 48.7 Å². The predicted molar refractivity (Wildman–Crippen MR) is 134 cm³/mol. The van der Waals surface area contributed by atoms with E-state index in [0.29, 0.717) is 33.9 Å². The molecule has 8 nitrogen and oxygen atoms in total. The lowest BCUT2D eigenvalue weighted by molar-refractivity contribution is -0.127. The summed E-state index contributed by atoms with van der Waals surface area (Å²) in [5, 5.41) is 8.07. The molecule has 2 heterocycles. The number of rotatable bonds is 7. The van der Waals surface area contributed by atoms with E-state index < -0.39 is 9.84 Å². The molecule has 1 unspecified atom stereocenters. The molecule has 35 heavy (non-hydrogen) atoms. The van der Waals surface area contributed by atoms with E-state index in [4.69, 9.17) is 27.7 Å². The van der Waals surface area contributed by atoms with Gasteiger partial charge in [-0.25, -0.2) is 8.42 Å². The fourth-order valence-corrected chi connectivity index (χ4v) is 5.19. The Morgan fingerprint density at radius 1 is 1.17 bits per heavy atom. The molecule has 1 aliphatic rings. The maximum atomic E-state index is 12.8. The maximum absolute atomic E-state index is 12.8. The SMILES string of the molecule is CC(NC(=O)C1CCN(Cc2nc(-c3ccc(Cl)cc3Cl)no2)CC1)c1ccc(S(C)(=O)=O)cc1. The van der Waals surface area contributed by atoms with Crippen LogP contribution < -0.4 is 5.32 Å². The summed E-state index contributed by atoms with van der Waals surface area (Å²) in [6, 6.07) is 11.5. The van der Waals surface area contributed by atoms with Crippen LogP contribution in [0.2, 0.25) is 10.0 Å². The van der Waals surface area contributed by atoms with Crippen LogP contribution in [0, 0.1) is 5.92 Å². The highest BCUT2D eigenvalue weighted by Gasteiger charge is 2.27. The lowest BCUT2D eigenvalue weighted by Gasteiger charge is -2.30. The van der Waals surface area contributed by atoms with Gasteiger partial charge in [-0.15, -0.1) is 0 Å². The number of likely N-dealkylation sites (tertiary alicyclic amines) is 1. The molecule has 0 spiro atoms. The van der Waals surface area contributed by atoms with Crippen LogP contribution in [0.3, 0.4) is 0 Å². The first-order chi connectivity index (χ1) is 16.6. The van der Waals surface area contributed by atoms with Gasteiger partial charge in [-0.05, 0) is 68.8 Å². The Balaban J connectivity index is 1.28. The molecule has 4 rings (SSSR count). The Bertz CT molecular complexity index is 1300. The molecule has 1 fully saturated rings. The van der Waals surface area contributed by atoms with Crippen molar-refractivity contribution in [1.29, 1.82) is 0 Å². The molecule has 3 aromatic rings. The molecule has 0 aliphatic carbocycles. The molecule has 0 radical (unpaired) electrons. The molecular formula is C24H26Cl2N4O4S. The number of hydrogen-bond donors (Lipinski definition) is 1. The smallest absolute Gasteiger partial charge is 0.241 e. The number of piperidine rings is 1. The Morgan fingerprint density at radius 2 is 1.86 bits per heavy atom. The monoisotopic (exact) mass is 536 g/mol. The third-order valence-corrected chi connectivity index (χ3v) is 7.80. The fourth-order valence-electron chi connectivity index (χ4n) is 4.06. The van der Waals surface area contributed by atoms with Gasteiger partial charge in [0.25, 0.3) is 0 Å². The molecule has 1 N–H and O–H groups in total. The van der Waals surface area contributed by atoms with Crippen molar-refractivity contribution in [2.24, 2.45) is 5.92 Å². The van der Waals surface area contributed by atoms with E-state index in [1.165, 1.54) is 6.26 Å². The second-order valence-electron chi connectivity index (χ2n) is 8.76. The summed E-state index contributed by atoms with van der Waals surface area (Å²) in [6.45, 7) is 3.85. The lowest BCUT2D eigenvalue weighted by Crippen LogP contribution is -2.40. The van der Waals surface area contributed by atoms with Gasteiger partial charge in [-0.1, -0.05) is 40.5 Å². The molecule has 11 heteroatoms. The van der Waals surface area contributed by atoms with Gasteiger partial charge in [-0.3, -0.25) is 9.69 Å². The zero-order valence-corrected chi connectivity index (χ0v) is 21.7. The first-order valence-electron chi connectivity index (χ1n) is 11.2. The summed E-state index contributed by atoms with van der Waals surface area (Å²) in [6.07, 6.45) is 2.61. The van der Waals surface area contributed by atoms with Crippen LogP contribution >= 0.6 is 23.2 Å². The van der Waals surface area contributed by atoms with Crippen molar-refractivity contribution < 1.29 is 17.7 Å². The molecule has 186 valence electrons. The summed E-state index contributed by atoms with van der Waals surface area (Å²) < 4.78 is 28.7. The van der Waals surface area contributed by atoms with Crippen LogP contribution in [0.25, 0.3) is 11.4 Å². The zero-order valence-electron chi connectivity index (χ0n) is 19.4. The van der Waals surface area contributed by atoms with Gasteiger partial charge in [0.15, 0.2) is 9.84 Å². The van der Waals surface area contributed by atoms with E-state index in [9.17, 15) is 13.2 Å². The minimum absolute atomic E-state index is 0.00166. The molecule has 2 aromatic carbocycles.